The molecular weight excluding hydrogens is 472 g/mol. The Balaban J connectivity index is 0.00000392. The van der Waals surface area contributed by atoms with Crippen molar-refractivity contribution in [2.24, 2.45) is 10.4 Å². The number of nitrogens with one attached hydrogen (secondary N) is 2. The van der Waals surface area contributed by atoms with E-state index in [0.717, 1.165) is 37.7 Å². The van der Waals surface area contributed by atoms with Crippen molar-refractivity contribution in [3.8, 4) is 0 Å². The fourth-order valence-corrected chi connectivity index (χ4v) is 3.75. The third-order valence-corrected chi connectivity index (χ3v) is 5.37. The highest BCUT2D eigenvalue weighted by molar-refractivity contribution is 14.0. The molecule has 0 unspecified atom stereocenters. The number of hydrogen-bond acceptors (Lipinski definition) is 3. The van der Waals surface area contributed by atoms with Gasteiger partial charge in [0.2, 0.25) is 0 Å². The summed E-state index contributed by atoms with van der Waals surface area (Å²) < 4.78 is 24.4. The van der Waals surface area contributed by atoms with Gasteiger partial charge in [-0.1, -0.05) is 18.9 Å². The van der Waals surface area contributed by atoms with Crippen molar-refractivity contribution in [1.29, 1.82) is 0 Å². The van der Waals surface area contributed by atoms with Crippen LogP contribution in [0.1, 0.15) is 50.2 Å². The molecule has 0 heterocycles. The highest BCUT2D eigenvalue weighted by atomic mass is 127. The summed E-state index contributed by atoms with van der Waals surface area (Å²) in [6.45, 7) is 5.39. The molecule has 160 valence electrons. The fourth-order valence-electron chi connectivity index (χ4n) is 3.75. The van der Waals surface area contributed by atoms with E-state index in [0.29, 0.717) is 17.5 Å². The molecule has 2 rings (SSSR count). The highest BCUT2D eigenvalue weighted by Crippen LogP contribution is 2.40. The zero-order chi connectivity index (χ0) is 19.5. The minimum atomic E-state index is -0.236. The molecule has 0 aromatic heterocycles. The summed E-state index contributed by atoms with van der Waals surface area (Å²) in [7, 11) is 3.35. The lowest BCUT2D eigenvalue weighted by atomic mass is 9.83. The molecule has 0 amide bonds. The number of methoxy groups -OCH3 is 1. The Hall–Kier alpha value is -0.930. The van der Waals surface area contributed by atoms with Crippen molar-refractivity contribution >= 4 is 29.9 Å². The van der Waals surface area contributed by atoms with Crippen LogP contribution >= 0.6 is 24.0 Å². The van der Waals surface area contributed by atoms with Gasteiger partial charge in [0.1, 0.15) is 5.82 Å². The zero-order valence-electron chi connectivity index (χ0n) is 17.4. The predicted octanol–water partition coefficient (Wildman–Crippen LogP) is 4.24. The second kappa shape index (κ2) is 13.3. The first-order chi connectivity index (χ1) is 13.1. The maximum atomic E-state index is 13.7. The van der Waals surface area contributed by atoms with E-state index in [1.165, 1.54) is 31.7 Å². The molecule has 0 radical (unpaired) electrons. The van der Waals surface area contributed by atoms with Crippen molar-refractivity contribution in [3.63, 3.8) is 0 Å². The molecule has 1 saturated carbocycles. The van der Waals surface area contributed by atoms with Gasteiger partial charge in [0.05, 0.1) is 6.61 Å². The maximum absolute atomic E-state index is 13.7. The van der Waals surface area contributed by atoms with Crippen molar-refractivity contribution in [3.05, 3.63) is 35.1 Å². The molecule has 0 spiro atoms. The van der Waals surface area contributed by atoms with Gasteiger partial charge in [-0.15, -0.1) is 24.0 Å². The second-order valence-corrected chi connectivity index (χ2v) is 7.29. The largest absolute Gasteiger partial charge is 0.382 e. The van der Waals surface area contributed by atoms with E-state index in [9.17, 15) is 4.39 Å². The Morgan fingerprint density at radius 1 is 1.25 bits per heavy atom. The molecule has 1 aliphatic carbocycles. The molecule has 7 heteroatoms. The molecule has 1 aromatic rings. The number of guanidine groups is 1. The van der Waals surface area contributed by atoms with Gasteiger partial charge in [-0.25, -0.2) is 4.39 Å². The van der Waals surface area contributed by atoms with E-state index in [1.807, 2.05) is 13.0 Å². The average Bonchev–Trinajstić information content (AvgIpc) is 3.14. The molecule has 1 aromatic carbocycles. The summed E-state index contributed by atoms with van der Waals surface area (Å²) in [6, 6.07) is 5.11. The van der Waals surface area contributed by atoms with E-state index in [1.54, 1.807) is 20.2 Å². The number of ether oxygens (including phenoxy) is 2. The first-order valence-electron chi connectivity index (χ1n) is 9.91. The minimum Gasteiger partial charge on any atom is -0.382 e. The normalized spacial score (nSPS) is 15.9. The monoisotopic (exact) mass is 507 g/mol. The molecule has 0 saturated heterocycles. The van der Waals surface area contributed by atoms with Gasteiger partial charge in [0, 0.05) is 46.0 Å². The third-order valence-electron chi connectivity index (χ3n) is 5.37. The van der Waals surface area contributed by atoms with Crippen molar-refractivity contribution < 1.29 is 13.9 Å². The Bertz CT molecular complexity index is 607. The van der Waals surface area contributed by atoms with Gasteiger partial charge in [-0.05, 0) is 49.3 Å². The number of hydrogen-bond donors (Lipinski definition) is 2. The van der Waals surface area contributed by atoms with Crippen LogP contribution in [-0.4, -0.2) is 39.9 Å². The average molecular weight is 507 g/mol. The van der Waals surface area contributed by atoms with E-state index >= 15 is 0 Å². The van der Waals surface area contributed by atoms with E-state index < -0.39 is 0 Å². The maximum Gasteiger partial charge on any atom is 0.191 e. The number of halogens is 2. The molecule has 5 nitrogen and oxygen atoms in total. The van der Waals surface area contributed by atoms with Gasteiger partial charge < -0.3 is 20.1 Å². The highest BCUT2D eigenvalue weighted by Gasteiger charge is 2.33. The third kappa shape index (κ3) is 7.83. The molecule has 0 aliphatic heterocycles. The Kier molecular flexibility index (Phi) is 11.9. The SMILES string of the molecule is CCOCCC1(CNC(=NC)NCc2ccc(F)c(COC)c2)CCCC1.I. The molecule has 0 bridgehead atoms. The number of rotatable bonds is 10. The lowest BCUT2D eigenvalue weighted by molar-refractivity contribution is 0.105. The minimum absolute atomic E-state index is 0. The van der Waals surface area contributed by atoms with Crippen LogP contribution in [0, 0.1) is 11.2 Å². The lowest BCUT2D eigenvalue weighted by Crippen LogP contribution is -2.43. The van der Waals surface area contributed by atoms with Crippen LogP contribution in [-0.2, 0) is 22.6 Å². The molecular formula is C21H35FIN3O2. The topological polar surface area (TPSA) is 54.9 Å². The lowest BCUT2D eigenvalue weighted by Gasteiger charge is -2.30. The van der Waals surface area contributed by atoms with E-state index in [2.05, 4.69) is 15.6 Å². The molecule has 0 atom stereocenters. The molecule has 28 heavy (non-hydrogen) atoms. The Labute approximate surface area is 185 Å². The summed E-state index contributed by atoms with van der Waals surface area (Å²) in [6.07, 6.45) is 6.14. The second-order valence-electron chi connectivity index (χ2n) is 7.29. The smallest absolute Gasteiger partial charge is 0.191 e. The van der Waals surface area contributed by atoms with Crippen LogP contribution in [0.2, 0.25) is 0 Å². The first kappa shape index (κ1) is 25.1. The first-order valence-corrected chi connectivity index (χ1v) is 9.91. The van der Waals surface area contributed by atoms with Crippen LogP contribution in [0.3, 0.4) is 0 Å². The standard InChI is InChI=1S/C21H34FN3O2.HI/c1-4-27-12-11-21(9-5-6-10-21)16-25-20(23-2)24-14-17-7-8-19(22)18(13-17)15-26-3;/h7-8,13H,4-6,9-12,14-16H2,1-3H3,(H2,23,24,25);1H. The zero-order valence-corrected chi connectivity index (χ0v) is 19.7. The summed E-state index contributed by atoms with van der Waals surface area (Å²) in [5.74, 6) is 0.538. The Morgan fingerprint density at radius 3 is 2.64 bits per heavy atom. The van der Waals surface area contributed by atoms with Crippen molar-refractivity contribution in [2.75, 3.05) is 33.9 Å². The summed E-state index contributed by atoms with van der Waals surface area (Å²) in [5.41, 5.74) is 1.87. The fraction of sp³-hybridized carbons (Fsp3) is 0.667. The van der Waals surface area contributed by atoms with Gasteiger partial charge in [-0.3, -0.25) is 4.99 Å². The van der Waals surface area contributed by atoms with Crippen LogP contribution in [0.4, 0.5) is 4.39 Å². The van der Waals surface area contributed by atoms with Crippen molar-refractivity contribution in [1.82, 2.24) is 10.6 Å². The van der Waals surface area contributed by atoms with Crippen LogP contribution in [0.5, 0.6) is 0 Å². The summed E-state index contributed by atoms with van der Waals surface area (Å²) in [5, 5.41) is 6.81. The van der Waals surface area contributed by atoms with Crippen molar-refractivity contribution in [2.45, 2.75) is 52.2 Å². The van der Waals surface area contributed by atoms with Gasteiger partial charge in [0.25, 0.3) is 0 Å². The summed E-state index contributed by atoms with van der Waals surface area (Å²) in [4.78, 5) is 4.33. The molecule has 1 aliphatic rings. The number of nitrogens with zero attached hydrogens (tertiary/aromatic N) is 1. The van der Waals surface area contributed by atoms with E-state index in [-0.39, 0.29) is 36.4 Å². The number of benzene rings is 1. The van der Waals surface area contributed by atoms with Crippen LogP contribution in [0.25, 0.3) is 0 Å². The molecule has 1 fully saturated rings. The van der Waals surface area contributed by atoms with Gasteiger partial charge >= 0.3 is 0 Å². The quantitative estimate of drug-likeness (QED) is 0.215. The Morgan fingerprint density at radius 2 is 2.00 bits per heavy atom. The molecule has 2 N–H and O–H groups in total. The predicted molar refractivity (Wildman–Crippen MR) is 123 cm³/mol. The van der Waals surface area contributed by atoms with E-state index in [4.69, 9.17) is 9.47 Å². The number of aliphatic imine (C=N–C) groups is 1. The van der Waals surface area contributed by atoms with Crippen LogP contribution < -0.4 is 10.6 Å². The summed E-state index contributed by atoms with van der Waals surface area (Å²) >= 11 is 0. The van der Waals surface area contributed by atoms with Crippen LogP contribution in [0.15, 0.2) is 23.2 Å². The van der Waals surface area contributed by atoms with Gasteiger partial charge in [-0.2, -0.15) is 0 Å². The van der Waals surface area contributed by atoms with Gasteiger partial charge in [0.15, 0.2) is 5.96 Å².